The molecule has 2 rings (SSSR count). The van der Waals surface area contributed by atoms with E-state index in [4.69, 9.17) is 16.3 Å². The third kappa shape index (κ3) is 2.79. The van der Waals surface area contributed by atoms with Crippen molar-refractivity contribution in [2.75, 3.05) is 7.11 Å². The first-order valence-corrected chi connectivity index (χ1v) is 6.22. The largest absolute Gasteiger partial charge is 0.496 e. The Labute approximate surface area is 121 Å². The molecule has 20 heavy (non-hydrogen) atoms. The molecule has 100 valence electrons. The maximum Gasteiger partial charge on any atom is 0.188 e. The summed E-state index contributed by atoms with van der Waals surface area (Å²) in [6.07, 6.45) is 3.10. The van der Waals surface area contributed by atoms with Crippen LogP contribution in [0.5, 0.6) is 5.75 Å². The molecule has 1 aromatic carbocycles. The first-order valence-electron chi connectivity index (χ1n) is 5.84. The summed E-state index contributed by atoms with van der Waals surface area (Å²) in [5.41, 5.74) is 0.879. The highest BCUT2D eigenvalue weighted by molar-refractivity contribution is 6.31. The van der Waals surface area contributed by atoms with Crippen LogP contribution in [0.3, 0.4) is 0 Å². The molecule has 0 N–H and O–H groups in total. The standard InChI is InChI=1S/C15H11ClN2O2/c1-20-14-7-11(16)4-5-12(14)15(19)13(8-17)10-3-2-6-18-9-10/h2-7,9,13H,1H3. The maximum atomic E-state index is 12.5. The quantitative estimate of drug-likeness (QED) is 0.810. The van der Waals surface area contributed by atoms with Crippen molar-refractivity contribution in [3.8, 4) is 11.8 Å². The highest BCUT2D eigenvalue weighted by atomic mass is 35.5. The molecule has 1 atom stereocenters. The van der Waals surface area contributed by atoms with Gasteiger partial charge < -0.3 is 4.74 Å². The fourth-order valence-electron chi connectivity index (χ4n) is 1.86. The van der Waals surface area contributed by atoms with Crippen LogP contribution in [-0.2, 0) is 0 Å². The topological polar surface area (TPSA) is 63.0 Å². The molecule has 0 radical (unpaired) electrons. The zero-order valence-corrected chi connectivity index (χ0v) is 11.5. The van der Waals surface area contributed by atoms with Crippen molar-refractivity contribution in [3.05, 3.63) is 58.9 Å². The summed E-state index contributed by atoms with van der Waals surface area (Å²) in [7, 11) is 1.45. The monoisotopic (exact) mass is 286 g/mol. The lowest BCUT2D eigenvalue weighted by atomic mass is 9.92. The molecule has 1 unspecified atom stereocenters. The number of halogens is 1. The normalized spacial score (nSPS) is 11.4. The minimum absolute atomic E-state index is 0.326. The number of methoxy groups -OCH3 is 1. The molecule has 0 spiro atoms. The molecule has 2 aromatic rings. The predicted molar refractivity (Wildman–Crippen MR) is 74.9 cm³/mol. The Morgan fingerprint density at radius 2 is 2.25 bits per heavy atom. The minimum atomic E-state index is -0.918. The lowest BCUT2D eigenvalue weighted by Gasteiger charge is -2.11. The van der Waals surface area contributed by atoms with E-state index in [-0.39, 0.29) is 5.78 Å². The van der Waals surface area contributed by atoms with Gasteiger partial charge in [0.15, 0.2) is 5.78 Å². The number of Topliss-reactive ketones (excluding diaryl/α,β-unsaturated/α-hetero) is 1. The number of pyridine rings is 1. The maximum absolute atomic E-state index is 12.5. The molecule has 0 aliphatic rings. The highest BCUT2D eigenvalue weighted by Crippen LogP contribution is 2.28. The van der Waals surface area contributed by atoms with Crippen LogP contribution in [0.2, 0.25) is 5.02 Å². The fraction of sp³-hybridized carbons (Fsp3) is 0.133. The molecule has 0 amide bonds. The van der Waals surface area contributed by atoms with Gasteiger partial charge in [-0.05, 0) is 29.8 Å². The first kappa shape index (κ1) is 14.0. The number of ketones is 1. The summed E-state index contributed by atoms with van der Waals surface area (Å²) in [5.74, 6) is -0.903. The third-order valence-corrected chi connectivity index (χ3v) is 3.07. The van der Waals surface area contributed by atoms with Crippen LogP contribution in [0.1, 0.15) is 21.8 Å². The Hall–Kier alpha value is -2.38. The van der Waals surface area contributed by atoms with Crippen LogP contribution in [0.15, 0.2) is 42.7 Å². The minimum Gasteiger partial charge on any atom is -0.496 e. The molecular weight excluding hydrogens is 276 g/mol. The van der Waals surface area contributed by atoms with Crippen LogP contribution in [0.4, 0.5) is 0 Å². The SMILES string of the molecule is COc1cc(Cl)ccc1C(=O)C(C#N)c1cccnc1. The number of nitriles is 1. The molecule has 4 nitrogen and oxygen atoms in total. The molecule has 0 bridgehead atoms. The fourth-order valence-corrected chi connectivity index (χ4v) is 2.02. The van der Waals surface area contributed by atoms with Gasteiger partial charge in [0, 0.05) is 17.4 Å². The van der Waals surface area contributed by atoms with Gasteiger partial charge in [-0.2, -0.15) is 5.26 Å². The Bertz CT molecular complexity index is 665. The van der Waals surface area contributed by atoms with E-state index in [0.717, 1.165) is 0 Å². The number of hydrogen-bond donors (Lipinski definition) is 0. The lowest BCUT2D eigenvalue weighted by Crippen LogP contribution is -2.12. The molecule has 0 aliphatic carbocycles. The van der Waals surface area contributed by atoms with Crippen LogP contribution >= 0.6 is 11.6 Å². The van der Waals surface area contributed by atoms with E-state index in [1.54, 1.807) is 36.5 Å². The Balaban J connectivity index is 2.42. The summed E-state index contributed by atoms with van der Waals surface area (Å²) in [6.45, 7) is 0. The predicted octanol–water partition coefficient (Wildman–Crippen LogP) is 3.23. The number of carbonyl (C=O) groups excluding carboxylic acids is 1. The third-order valence-electron chi connectivity index (χ3n) is 2.84. The summed E-state index contributed by atoms with van der Waals surface area (Å²) in [6, 6.07) is 10.1. The number of aromatic nitrogens is 1. The second kappa shape index (κ2) is 6.18. The number of rotatable bonds is 4. The molecule has 0 saturated heterocycles. The second-order valence-corrected chi connectivity index (χ2v) is 4.49. The van der Waals surface area contributed by atoms with Crippen LogP contribution in [0.25, 0.3) is 0 Å². The first-order chi connectivity index (χ1) is 9.67. The van der Waals surface area contributed by atoms with Crippen LogP contribution in [-0.4, -0.2) is 17.9 Å². The van der Waals surface area contributed by atoms with Crippen molar-refractivity contribution < 1.29 is 9.53 Å². The smallest absolute Gasteiger partial charge is 0.188 e. The van der Waals surface area contributed by atoms with Crippen molar-refractivity contribution in [3.63, 3.8) is 0 Å². The van der Waals surface area contributed by atoms with Crippen molar-refractivity contribution in [1.82, 2.24) is 4.98 Å². The van der Waals surface area contributed by atoms with E-state index in [1.807, 2.05) is 6.07 Å². The van der Waals surface area contributed by atoms with Gasteiger partial charge >= 0.3 is 0 Å². The average molecular weight is 287 g/mol. The van der Waals surface area contributed by atoms with E-state index >= 15 is 0 Å². The zero-order chi connectivity index (χ0) is 14.5. The average Bonchev–Trinajstić information content (AvgIpc) is 2.48. The Kier molecular flexibility index (Phi) is 4.34. The van der Waals surface area contributed by atoms with Crippen molar-refractivity contribution >= 4 is 17.4 Å². The molecule has 1 heterocycles. The van der Waals surface area contributed by atoms with Crippen molar-refractivity contribution in [2.24, 2.45) is 0 Å². The van der Waals surface area contributed by atoms with Crippen LogP contribution in [0, 0.1) is 11.3 Å². The highest BCUT2D eigenvalue weighted by Gasteiger charge is 2.24. The number of nitrogens with zero attached hydrogens (tertiary/aromatic N) is 2. The van der Waals surface area contributed by atoms with Gasteiger partial charge in [0.05, 0.1) is 18.7 Å². The summed E-state index contributed by atoms with van der Waals surface area (Å²) < 4.78 is 5.15. The zero-order valence-electron chi connectivity index (χ0n) is 10.7. The molecule has 5 heteroatoms. The van der Waals surface area contributed by atoms with Crippen molar-refractivity contribution in [1.29, 1.82) is 5.26 Å². The lowest BCUT2D eigenvalue weighted by molar-refractivity contribution is 0.0976. The summed E-state index contributed by atoms with van der Waals surface area (Å²) in [5, 5.41) is 9.73. The molecule has 1 aromatic heterocycles. The summed E-state index contributed by atoms with van der Waals surface area (Å²) in [4.78, 5) is 16.4. The van der Waals surface area contributed by atoms with E-state index < -0.39 is 5.92 Å². The van der Waals surface area contributed by atoms with Gasteiger partial charge in [-0.1, -0.05) is 17.7 Å². The Morgan fingerprint density at radius 3 is 2.85 bits per heavy atom. The Morgan fingerprint density at radius 1 is 1.45 bits per heavy atom. The number of carbonyl (C=O) groups is 1. The van der Waals surface area contributed by atoms with Gasteiger partial charge in [0.1, 0.15) is 11.7 Å². The van der Waals surface area contributed by atoms with Gasteiger partial charge in [0.2, 0.25) is 0 Å². The summed E-state index contributed by atoms with van der Waals surface area (Å²) >= 11 is 5.86. The molecule has 0 saturated carbocycles. The van der Waals surface area contributed by atoms with E-state index in [0.29, 0.717) is 21.9 Å². The molecule has 0 fully saturated rings. The molecular formula is C15H11ClN2O2. The van der Waals surface area contributed by atoms with Crippen molar-refractivity contribution in [2.45, 2.75) is 5.92 Å². The van der Waals surface area contributed by atoms with Gasteiger partial charge in [-0.3, -0.25) is 9.78 Å². The van der Waals surface area contributed by atoms with E-state index in [9.17, 15) is 10.1 Å². The number of benzene rings is 1. The second-order valence-electron chi connectivity index (χ2n) is 4.06. The van der Waals surface area contributed by atoms with Gasteiger partial charge in [0.25, 0.3) is 0 Å². The van der Waals surface area contributed by atoms with E-state index in [2.05, 4.69) is 4.98 Å². The number of hydrogen-bond acceptors (Lipinski definition) is 4. The van der Waals surface area contributed by atoms with E-state index in [1.165, 1.54) is 13.3 Å². The number of ether oxygens (including phenoxy) is 1. The molecule has 0 aliphatic heterocycles. The van der Waals surface area contributed by atoms with Gasteiger partial charge in [-0.15, -0.1) is 0 Å². The van der Waals surface area contributed by atoms with Gasteiger partial charge in [-0.25, -0.2) is 0 Å². The van der Waals surface area contributed by atoms with Crippen LogP contribution < -0.4 is 4.74 Å².